The fourth-order valence-electron chi connectivity index (χ4n) is 5.34. The number of piperidine rings is 1. The Morgan fingerprint density at radius 3 is 2.55 bits per heavy atom. The number of sulfone groups is 1. The third-order valence-electron chi connectivity index (χ3n) is 7.65. The number of nitrogens with two attached hydrogens (primary N) is 1. The van der Waals surface area contributed by atoms with Crippen LogP contribution >= 0.6 is 0 Å². The number of hydrogen-bond acceptors (Lipinski definition) is 11. The molecule has 210 valence electrons. The van der Waals surface area contributed by atoms with Crippen molar-refractivity contribution in [1.29, 1.82) is 0 Å². The lowest BCUT2D eigenvalue weighted by Crippen LogP contribution is -2.62. The standard InChI is InChI=1S/C23H35FN8O5S/c1-30-11-15(24)9-27-21(30)19(20(25)29-35)22(33)28-17-10-26-6-3-18(17)31-7-4-14(5-8-31)23(34)32-12-16(13-32)38(2,36)37/h3,6,10,14-16,19-21,27H,4-5,7-9,11-13,25H2,1-2H3,(H,28,33). The summed E-state index contributed by atoms with van der Waals surface area (Å²) in [5.74, 6) is -1.84. The Morgan fingerprint density at radius 1 is 1.26 bits per heavy atom. The quantitative estimate of drug-likeness (QED) is 0.351. The highest BCUT2D eigenvalue weighted by molar-refractivity contribution is 7.91. The molecule has 4 rings (SSSR count). The summed E-state index contributed by atoms with van der Waals surface area (Å²) in [6, 6.07) is 1.76. The number of hydrogen-bond donors (Lipinski definition) is 3. The number of carbonyl (C=O) groups excluding carboxylic acids is 2. The number of rotatable bonds is 8. The highest BCUT2D eigenvalue weighted by atomic mass is 32.2. The summed E-state index contributed by atoms with van der Waals surface area (Å²) in [6.45, 7) is 1.71. The first kappa shape index (κ1) is 28.3. The van der Waals surface area contributed by atoms with E-state index < -0.39 is 45.4 Å². The second kappa shape index (κ2) is 11.6. The Labute approximate surface area is 221 Å². The van der Waals surface area contributed by atoms with E-state index in [0.29, 0.717) is 37.3 Å². The molecule has 15 heteroatoms. The topological polar surface area (TPSA) is 170 Å². The van der Waals surface area contributed by atoms with Crippen LogP contribution in [-0.4, -0.2) is 111 Å². The van der Waals surface area contributed by atoms with Gasteiger partial charge in [0.1, 0.15) is 12.1 Å². The van der Waals surface area contributed by atoms with Crippen LogP contribution in [0.1, 0.15) is 12.8 Å². The normalized spacial score (nSPS) is 25.4. The number of likely N-dealkylation sites (tertiary alicyclic amines) is 1. The smallest absolute Gasteiger partial charge is 0.234 e. The lowest BCUT2D eigenvalue weighted by Gasteiger charge is -2.42. The van der Waals surface area contributed by atoms with Crippen molar-refractivity contribution in [2.75, 3.05) is 62.8 Å². The first-order valence-electron chi connectivity index (χ1n) is 12.6. The molecular formula is C23H35FN8O5S. The van der Waals surface area contributed by atoms with E-state index in [4.69, 9.17) is 5.73 Å². The highest BCUT2D eigenvalue weighted by Crippen LogP contribution is 2.32. The zero-order chi connectivity index (χ0) is 27.6. The highest BCUT2D eigenvalue weighted by Gasteiger charge is 2.42. The van der Waals surface area contributed by atoms with Crippen molar-refractivity contribution in [2.45, 2.75) is 36.6 Å². The predicted molar refractivity (Wildman–Crippen MR) is 140 cm³/mol. The average molecular weight is 555 g/mol. The van der Waals surface area contributed by atoms with Crippen LogP contribution in [0.4, 0.5) is 15.8 Å². The molecule has 3 fully saturated rings. The number of amides is 2. The lowest BCUT2D eigenvalue weighted by molar-refractivity contribution is -0.139. The molecule has 4 N–H and O–H groups in total. The van der Waals surface area contributed by atoms with Crippen molar-refractivity contribution in [1.82, 2.24) is 20.1 Å². The first-order valence-corrected chi connectivity index (χ1v) is 14.6. The summed E-state index contributed by atoms with van der Waals surface area (Å²) >= 11 is 0. The van der Waals surface area contributed by atoms with Crippen molar-refractivity contribution in [3.05, 3.63) is 23.4 Å². The van der Waals surface area contributed by atoms with Crippen LogP contribution in [0.15, 0.2) is 23.6 Å². The molecule has 3 aliphatic heterocycles. The minimum Gasteiger partial charge on any atom is -0.370 e. The van der Waals surface area contributed by atoms with E-state index in [1.807, 2.05) is 4.90 Å². The summed E-state index contributed by atoms with van der Waals surface area (Å²) in [7, 11) is -1.50. The van der Waals surface area contributed by atoms with Crippen LogP contribution in [0.3, 0.4) is 0 Å². The largest absolute Gasteiger partial charge is 0.370 e. The second-order valence-electron chi connectivity index (χ2n) is 10.3. The zero-order valence-corrected chi connectivity index (χ0v) is 22.3. The molecule has 38 heavy (non-hydrogen) atoms. The van der Waals surface area contributed by atoms with E-state index in [1.165, 1.54) is 12.5 Å². The van der Waals surface area contributed by atoms with Crippen molar-refractivity contribution in [2.24, 2.45) is 22.7 Å². The van der Waals surface area contributed by atoms with Crippen molar-refractivity contribution in [3.8, 4) is 0 Å². The molecule has 0 radical (unpaired) electrons. The minimum absolute atomic E-state index is 0.0226. The molecule has 3 aliphatic rings. The van der Waals surface area contributed by atoms with Crippen LogP contribution in [0.2, 0.25) is 0 Å². The van der Waals surface area contributed by atoms with Gasteiger partial charge >= 0.3 is 0 Å². The number of aromatic nitrogens is 1. The Hall–Kier alpha value is -2.75. The van der Waals surface area contributed by atoms with Gasteiger partial charge in [0, 0.05) is 57.6 Å². The van der Waals surface area contributed by atoms with Crippen LogP contribution in [0.25, 0.3) is 0 Å². The second-order valence-corrected chi connectivity index (χ2v) is 12.7. The van der Waals surface area contributed by atoms with Gasteiger partial charge in [-0.05, 0) is 26.0 Å². The Bertz CT molecular complexity index is 1140. The molecule has 4 unspecified atom stereocenters. The van der Waals surface area contributed by atoms with Crippen molar-refractivity contribution < 1.29 is 22.4 Å². The van der Waals surface area contributed by atoms with Gasteiger partial charge in [-0.1, -0.05) is 5.18 Å². The molecule has 0 spiro atoms. The van der Waals surface area contributed by atoms with Gasteiger partial charge in [0.2, 0.25) is 11.8 Å². The Morgan fingerprint density at radius 2 is 1.95 bits per heavy atom. The van der Waals surface area contributed by atoms with Crippen molar-refractivity contribution in [3.63, 3.8) is 0 Å². The number of nitroso groups, excluding NO2 is 1. The van der Waals surface area contributed by atoms with Gasteiger partial charge in [-0.25, -0.2) is 12.8 Å². The number of pyridine rings is 1. The van der Waals surface area contributed by atoms with E-state index in [2.05, 4.69) is 20.8 Å². The number of carbonyl (C=O) groups is 2. The lowest BCUT2D eigenvalue weighted by atomic mass is 9.93. The summed E-state index contributed by atoms with van der Waals surface area (Å²) in [4.78, 5) is 46.9. The summed E-state index contributed by atoms with van der Waals surface area (Å²) in [5.41, 5.74) is 7.03. The molecule has 13 nitrogen and oxygen atoms in total. The van der Waals surface area contributed by atoms with Gasteiger partial charge in [-0.2, -0.15) is 0 Å². The van der Waals surface area contributed by atoms with E-state index in [1.54, 1.807) is 29.1 Å². The monoisotopic (exact) mass is 554 g/mol. The minimum atomic E-state index is -3.15. The van der Waals surface area contributed by atoms with Crippen LogP contribution in [0, 0.1) is 16.7 Å². The SMILES string of the molecule is CN1CC(F)CNC1C(C(=O)Nc1cnccc1N1CCC(C(=O)N2CC(S(C)(=O)=O)C2)CC1)C(N)N=O. The number of anilines is 2. The predicted octanol–water partition coefficient (Wildman–Crippen LogP) is -0.641. The molecule has 0 saturated carbocycles. The zero-order valence-electron chi connectivity index (χ0n) is 21.5. The number of halogens is 1. The molecule has 0 aromatic carbocycles. The van der Waals surface area contributed by atoms with Crippen LogP contribution in [0.5, 0.6) is 0 Å². The Kier molecular flexibility index (Phi) is 8.59. The van der Waals surface area contributed by atoms with Gasteiger partial charge in [-0.15, -0.1) is 4.91 Å². The molecule has 1 aromatic rings. The average Bonchev–Trinajstić information content (AvgIpc) is 2.84. The summed E-state index contributed by atoms with van der Waals surface area (Å²) in [6.07, 6.45) is 2.32. The molecule has 0 aliphatic carbocycles. The van der Waals surface area contributed by atoms with Crippen LogP contribution < -0.4 is 21.3 Å². The summed E-state index contributed by atoms with van der Waals surface area (Å²) in [5, 5.41) is 8.16. The maximum absolute atomic E-state index is 13.8. The third-order valence-corrected chi connectivity index (χ3v) is 9.16. The number of nitrogens with one attached hydrogen (secondary N) is 2. The molecular weight excluding hydrogens is 519 g/mol. The molecule has 3 saturated heterocycles. The van der Waals surface area contributed by atoms with E-state index in [0.717, 1.165) is 0 Å². The van der Waals surface area contributed by atoms with Crippen LogP contribution in [-0.2, 0) is 19.4 Å². The molecule has 4 atom stereocenters. The van der Waals surface area contributed by atoms with Gasteiger partial charge in [-0.3, -0.25) is 24.8 Å². The first-order chi connectivity index (χ1) is 18.0. The van der Waals surface area contributed by atoms with Gasteiger partial charge < -0.3 is 20.9 Å². The maximum atomic E-state index is 13.8. The summed E-state index contributed by atoms with van der Waals surface area (Å²) < 4.78 is 37.1. The molecule has 2 amide bonds. The van der Waals surface area contributed by atoms with Gasteiger partial charge in [0.25, 0.3) is 0 Å². The molecule has 4 heterocycles. The Balaban J connectivity index is 1.40. The van der Waals surface area contributed by atoms with Crippen molar-refractivity contribution >= 4 is 33.0 Å². The maximum Gasteiger partial charge on any atom is 0.234 e. The van der Waals surface area contributed by atoms with E-state index >= 15 is 0 Å². The van der Waals surface area contributed by atoms with Gasteiger partial charge in [0.15, 0.2) is 16.0 Å². The fourth-order valence-corrected chi connectivity index (χ4v) is 6.24. The fraction of sp³-hybridized carbons (Fsp3) is 0.696. The number of alkyl halides is 1. The van der Waals surface area contributed by atoms with E-state index in [9.17, 15) is 27.3 Å². The number of nitrogens with zero attached hydrogens (tertiary/aromatic N) is 5. The van der Waals surface area contributed by atoms with E-state index in [-0.39, 0.29) is 38.0 Å². The molecule has 1 aromatic heterocycles. The third kappa shape index (κ3) is 6.11. The van der Waals surface area contributed by atoms with Gasteiger partial charge in [0.05, 0.1) is 29.0 Å². The molecule has 0 bridgehead atoms.